The standard InChI is InChI=1S/C16H20ClNO4/c1-10(14(19)21-5)13-8-12(17)7-6-11(13)9-18-15(20)22-16(2,3)4/h6-8H,1,9H2,2-5H3,(H,18,20). The third kappa shape index (κ3) is 5.41. The predicted molar refractivity (Wildman–Crippen MR) is 85.6 cm³/mol. The van der Waals surface area contributed by atoms with Gasteiger partial charge in [0.05, 0.1) is 12.7 Å². The number of esters is 1. The summed E-state index contributed by atoms with van der Waals surface area (Å²) in [6, 6.07) is 4.98. The van der Waals surface area contributed by atoms with Gasteiger partial charge in [-0.15, -0.1) is 0 Å². The fourth-order valence-electron chi connectivity index (χ4n) is 1.70. The van der Waals surface area contributed by atoms with Gasteiger partial charge in [-0.05, 0) is 44.0 Å². The third-order valence-corrected chi connectivity index (χ3v) is 2.89. The normalized spacial score (nSPS) is 10.8. The van der Waals surface area contributed by atoms with Crippen LogP contribution in [0.3, 0.4) is 0 Å². The van der Waals surface area contributed by atoms with Crippen molar-refractivity contribution in [1.82, 2.24) is 5.32 Å². The Hall–Kier alpha value is -2.01. The van der Waals surface area contributed by atoms with Gasteiger partial charge < -0.3 is 14.8 Å². The molecule has 0 aliphatic carbocycles. The van der Waals surface area contributed by atoms with Crippen LogP contribution < -0.4 is 5.32 Å². The van der Waals surface area contributed by atoms with E-state index in [0.717, 1.165) is 0 Å². The van der Waals surface area contributed by atoms with Crippen molar-refractivity contribution in [2.75, 3.05) is 7.11 Å². The number of rotatable bonds is 4. The number of carbonyl (C=O) groups is 2. The Labute approximate surface area is 135 Å². The lowest BCUT2D eigenvalue weighted by molar-refractivity contribution is -0.133. The second-order valence-electron chi connectivity index (χ2n) is 5.63. The summed E-state index contributed by atoms with van der Waals surface area (Å²) in [5.74, 6) is -0.555. The van der Waals surface area contributed by atoms with Crippen LogP contribution in [-0.2, 0) is 20.8 Å². The maximum atomic E-state index is 11.7. The average Bonchev–Trinajstić information content (AvgIpc) is 2.42. The summed E-state index contributed by atoms with van der Waals surface area (Å²) < 4.78 is 9.82. The molecule has 0 fully saturated rings. The van der Waals surface area contributed by atoms with Crippen molar-refractivity contribution in [2.24, 2.45) is 0 Å². The van der Waals surface area contributed by atoms with Crippen LogP contribution in [0.2, 0.25) is 5.02 Å². The lowest BCUT2D eigenvalue weighted by atomic mass is 10.0. The zero-order valence-electron chi connectivity index (χ0n) is 13.2. The Balaban J connectivity index is 2.89. The first-order valence-corrected chi connectivity index (χ1v) is 7.04. The van der Waals surface area contributed by atoms with Crippen molar-refractivity contribution in [3.63, 3.8) is 0 Å². The van der Waals surface area contributed by atoms with Crippen LogP contribution in [0.4, 0.5) is 4.79 Å². The van der Waals surface area contributed by atoms with E-state index in [9.17, 15) is 9.59 Å². The highest BCUT2D eigenvalue weighted by atomic mass is 35.5. The molecule has 0 saturated heterocycles. The minimum Gasteiger partial charge on any atom is -0.465 e. The van der Waals surface area contributed by atoms with Crippen LogP contribution in [0.5, 0.6) is 0 Å². The molecule has 1 aromatic carbocycles. The van der Waals surface area contributed by atoms with E-state index in [-0.39, 0.29) is 12.1 Å². The van der Waals surface area contributed by atoms with Gasteiger partial charge in [-0.3, -0.25) is 0 Å². The van der Waals surface area contributed by atoms with Gasteiger partial charge in [0.25, 0.3) is 0 Å². The van der Waals surface area contributed by atoms with Crippen LogP contribution in [0.1, 0.15) is 31.9 Å². The molecule has 0 spiro atoms. The number of amides is 1. The molecule has 5 nitrogen and oxygen atoms in total. The molecule has 1 N–H and O–H groups in total. The number of halogens is 1. The van der Waals surface area contributed by atoms with Gasteiger partial charge in [0.15, 0.2) is 0 Å². The highest BCUT2D eigenvalue weighted by Gasteiger charge is 2.18. The minimum atomic E-state index is -0.581. The van der Waals surface area contributed by atoms with Gasteiger partial charge in [-0.2, -0.15) is 0 Å². The molecule has 1 aromatic rings. The Morgan fingerprint density at radius 2 is 1.95 bits per heavy atom. The number of ether oxygens (including phenoxy) is 2. The number of alkyl carbamates (subject to hydrolysis) is 1. The van der Waals surface area contributed by atoms with E-state index < -0.39 is 17.7 Å². The summed E-state index contributed by atoms with van der Waals surface area (Å²) in [5.41, 5.74) is 0.801. The molecule has 1 rings (SSSR count). The van der Waals surface area contributed by atoms with E-state index in [2.05, 4.69) is 16.6 Å². The fourth-order valence-corrected chi connectivity index (χ4v) is 1.87. The van der Waals surface area contributed by atoms with Crippen molar-refractivity contribution in [1.29, 1.82) is 0 Å². The van der Waals surface area contributed by atoms with Crippen LogP contribution in [0.15, 0.2) is 24.8 Å². The molecule has 0 aliphatic rings. The number of methoxy groups -OCH3 is 1. The summed E-state index contributed by atoms with van der Waals surface area (Å²) in [6.07, 6.45) is -0.544. The molecule has 0 aliphatic heterocycles. The smallest absolute Gasteiger partial charge is 0.407 e. The van der Waals surface area contributed by atoms with Crippen molar-refractivity contribution in [2.45, 2.75) is 32.9 Å². The summed E-state index contributed by atoms with van der Waals surface area (Å²) in [6.45, 7) is 9.22. The first kappa shape index (κ1) is 18.0. The van der Waals surface area contributed by atoms with Crippen molar-refractivity contribution in [3.05, 3.63) is 40.9 Å². The van der Waals surface area contributed by atoms with Gasteiger partial charge >= 0.3 is 12.1 Å². The van der Waals surface area contributed by atoms with Crippen LogP contribution in [0, 0.1) is 0 Å². The van der Waals surface area contributed by atoms with Gasteiger partial charge in [0.2, 0.25) is 0 Å². The quantitative estimate of drug-likeness (QED) is 0.679. The van der Waals surface area contributed by atoms with Crippen LogP contribution in [0.25, 0.3) is 5.57 Å². The Morgan fingerprint density at radius 3 is 2.50 bits per heavy atom. The molecule has 0 aromatic heterocycles. The molecule has 0 unspecified atom stereocenters. The van der Waals surface area contributed by atoms with Gasteiger partial charge in [-0.25, -0.2) is 9.59 Å². The summed E-state index contributed by atoms with van der Waals surface area (Å²) in [5, 5.41) is 3.09. The third-order valence-electron chi connectivity index (χ3n) is 2.65. The van der Waals surface area contributed by atoms with Crippen LogP contribution in [-0.4, -0.2) is 24.8 Å². The zero-order chi connectivity index (χ0) is 16.9. The average molecular weight is 326 g/mol. The fraction of sp³-hybridized carbons (Fsp3) is 0.375. The van der Waals surface area contributed by atoms with Crippen molar-refractivity contribution < 1.29 is 19.1 Å². The lowest BCUT2D eigenvalue weighted by Gasteiger charge is -2.20. The molecular formula is C16H20ClNO4. The van der Waals surface area contributed by atoms with E-state index >= 15 is 0 Å². The highest BCUT2D eigenvalue weighted by Crippen LogP contribution is 2.23. The topological polar surface area (TPSA) is 64.6 Å². The lowest BCUT2D eigenvalue weighted by Crippen LogP contribution is -2.32. The Kier molecular flexibility index (Phi) is 6.00. The maximum Gasteiger partial charge on any atom is 0.407 e. The Bertz CT molecular complexity index is 590. The minimum absolute atomic E-state index is 0.172. The molecule has 0 bridgehead atoms. The number of hydrogen-bond acceptors (Lipinski definition) is 4. The molecule has 6 heteroatoms. The largest absolute Gasteiger partial charge is 0.465 e. The molecule has 0 radical (unpaired) electrons. The maximum absolute atomic E-state index is 11.7. The molecule has 0 atom stereocenters. The monoisotopic (exact) mass is 325 g/mol. The van der Waals surface area contributed by atoms with Crippen molar-refractivity contribution >= 4 is 29.2 Å². The molecule has 0 saturated carbocycles. The summed E-state index contributed by atoms with van der Waals surface area (Å²) in [7, 11) is 1.27. The first-order chi connectivity index (χ1) is 10.1. The zero-order valence-corrected chi connectivity index (χ0v) is 13.9. The summed E-state index contributed by atoms with van der Waals surface area (Å²) >= 11 is 5.95. The van der Waals surface area contributed by atoms with E-state index in [0.29, 0.717) is 16.1 Å². The van der Waals surface area contributed by atoms with E-state index in [4.69, 9.17) is 16.3 Å². The molecular weight excluding hydrogens is 306 g/mol. The second-order valence-corrected chi connectivity index (χ2v) is 6.06. The van der Waals surface area contributed by atoms with E-state index in [1.165, 1.54) is 7.11 Å². The predicted octanol–water partition coefficient (Wildman–Crippen LogP) is 3.55. The van der Waals surface area contributed by atoms with Gasteiger partial charge in [-0.1, -0.05) is 24.2 Å². The second kappa shape index (κ2) is 7.31. The van der Waals surface area contributed by atoms with E-state index in [1.807, 2.05) is 0 Å². The van der Waals surface area contributed by atoms with E-state index in [1.54, 1.807) is 39.0 Å². The molecule has 0 heterocycles. The highest BCUT2D eigenvalue weighted by molar-refractivity contribution is 6.31. The number of nitrogens with one attached hydrogen (secondary N) is 1. The summed E-state index contributed by atoms with van der Waals surface area (Å²) in [4.78, 5) is 23.3. The molecule has 22 heavy (non-hydrogen) atoms. The van der Waals surface area contributed by atoms with Crippen LogP contribution >= 0.6 is 11.6 Å². The SMILES string of the molecule is C=C(C(=O)OC)c1cc(Cl)ccc1CNC(=O)OC(C)(C)C. The van der Waals surface area contributed by atoms with Crippen molar-refractivity contribution in [3.8, 4) is 0 Å². The molecule has 120 valence electrons. The first-order valence-electron chi connectivity index (χ1n) is 6.67. The number of hydrogen-bond donors (Lipinski definition) is 1. The Morgan fingerprint density at radius 1 is 1.32 bits per heavy atom. The number of benzene rings is 1. The van der Waals surface area contributed by atoms with Gasteiger partial charge in [0, 0.05) is 11.6 Å². The number of carbonyl (C=O) groups excluding carboxylic acids is 2. The molecule has 1 amide bonds. The van der Waals surface area contributed by atoms with Gasteiger partial charge in [0.1, 0.15) is 5.60 Å².